The molecule has 6 atom stereocenters. The number of nitrogens with one attached hydrogen (secondary N) is 1. The van der Waals surface area contributed by atoms with Crippen molar-refractivity contribution in [3.8, 4) is 0 Å². The molecule has 1 aromatic rings. The van der Waals surface area contributed by atoms with E-state index in [2.05, 4.69) is 25.2 Å². The van der Waals surface area contributed by atoms with E-state index in [1.807, 2.05) is 0 Å². The van der Waals surface area contributed by atoms with E-state index in [1.54, 1.807) is 12.1 Å². The number of fused-ring (bicyclic) bond motifs is 2. The summed E-state index contributed by atoms with van der Waals surface area (Å²) in [6.07, 6.45) is 4.27. The van der Waals surface area contributed by atoms with Crippen molar-refractivity contribution in [1.82, 2.24) is 5.32 Å². The van der Waals surface area contributed by atoms with Crippen LogP contribution in [0.1, 0.15) is 38.7 Å². The molecule has 5 heteroatoms. The van der Waals surface area contributed by atoms with E-state index in [-0.39, 0.29) is 35.1 Å². The fourth-order valence-electron chi connectivity index (χ4n) is 5.27. The van der Waals surface area contributed by atoms with Crippen molar-refractivity contribution in [3.63, 3.8) is 0 Å². The molecule has 1 aromatic carbocycles. The molecule has 0 amide bonds. The number of carbonyl (C=O) groups is 1. The van der Waals surface area contributed by atoms with Gasteiger partial charge in [-0.1, -0.05) is 37.6 Å². The van der Waals surface area contributed by atoms with Gasteiger partial charge in [-0.25, -0.2) is 4.39 Å². The molecule has 1 heterocycles. The molecule has 1 saturated carbocycles. The third-order valence-corrected chi connectivity index (χ3v) is 7.18. The lowest BCUT2D eigenvalue weighted by Crippen LogP contribution is -2.54. The number of rotatable bonds is 4. The first-order valence-corrected chi connectivity index (χ1v) is 9.94. The van der Waals surface area contributed by atoms with Gasteiger partial charge in [-0.3, -0.25) is 4.79 Å². The van der Waals surface area contributed by atoms with Crippen LogP contribution in [0.2, 0.25) is 0 Å². The van der Waals surface area contributed by atoms with Crippen LogP contribution in [0, 0.1) is 29.0 Å². The topological polar surface area (TPSA) is 58.6 Å². The standard InChI is InChI=1S/C22H28FNO3/c1-13-4-3-5-15-10-18-19(20(25)22(13,15)2)17(21(26)27-18)12-24-11-14-6-8-16(23)9-7-14/h5-9,13,17-20,24-25H,3-4,10-12H2,1-2H3. The zero-order valence-corrected chi connectivity index (χ0v) is 16.0. The van der Waals surface area contributed by atoms with Crippen LogP contribution in [-0.2, 0) is 16.1 Å². The number of aliphatic hydroxyl groups excluding tert-OH is 1. The minimum atomic E-state index is -0.582. The number of ether oxygens (including phenoxy) is 1. The minimum absolute atomic E-state index is 0.180. The smallest absolute Gasteiger partial charge is 0.311 e. The molecule has 1 aliphatic heterocycles. The molecule has 4 nitrogen and oxygen atoms in total. The summed E-state index contributed by atoms with van der Waals surface area (Å²) in [5, 5.41) is 14.6. The quantitative estimate of drug-likeness (QED) is 0.629. The zero-order valence-electron chi connectivity index (χ0n) is 16.0. The van der Waals surface area contributed by atoms with Gasteiger partial charge in [0.25, 0.3) is 0 Å². The second-order valence-electron chi connectivity index (χ2n) is 8.56. The number of carbonyl (C=O) groups excluding carboxylic acids is 1. The van der Waals surface area contributed by atoms with E-state index < -0.39 is 6.10 Å². The fourth-order valence-corrected chi connectivity index (χ4v) is 5.27. The second-order valence-corrected chi connectivity index (χ2v) is 8.56. The average molecular weight is 373 g/mol. The highest BCUT2D eigenvalue weighted by molar-refractivity contribution is 5.76. The van der Waals surface area contributed by atoms with Crippen LogP contribution >= 0.6 is 0 Å². The molecule has 2 fully saturated rings. The van der Waals surface area contributed by atoms with Gasteiger partial charge in [-0.05, 0) is 36.5 Å². The summed E-state index contributed by atoms with van der Waals surface area (Å²) in [5.74, 6) is -0.619. The van der Waals surface area contributed by atoms with Crippen molar-refractivity contribution in [2.45, 2.75) is 51.9 Å². The SMILES string of the molecule is CC1CCC=C2CC3OC(=O)C(CNCc4ccc(F)cc4)C3C(O)C21C. The van der Waals surface area contributed by atoms with Crippen LogP contribution in [0.3, 0.4) is 0 Å². The summed E-state index contributed by atoms with van der Waals surface area (Å²) in [4.78, 5) is 12.5. The van der Waals surface area contributed by atoms with Gasteiger partial charge in [0.05, 0.1) is 12.0 Å². The molecule has 6 unspecified atom stereocenters. The molecule has 0 radical (unpaired) electrons. The Bertz CT molecular complexity index is 746. The largest absolute Gasteiger partial charge is 0.461 e. The van der Waals surface area contributed by atoms with Gasteiger partial charge in [-0.2, -0.15) is 0 Å². The van der Waals surface area contributed by atoms with Gasteiger partial charge in [0.1, 0.15) is 11.9 Å². The second kappa shape index (κ2) is 7.02. The first kappa shape index (κ1) is 18.6. The van der Waals surface area contributed by atoms with Gasteiger partial charge >= 0.3 is 5.97 Å². The molecule has 146 valence electrons. The number of benzene rings is 1. The highest BCUT2D eigenvalue weighted by atomic mass is 19.1. The monoisotopic (exact) mass is 373 g/mol. The number of hydrogen-bond acceptors (Lipinski definition) is 4. The number of allylic oxidation sites excluding steroid dienone is 1. The maximum absolute atomic E-state index is 13.0. The van der Waals surface area contributed by atoms with Crippen molar-refractivity contribution in [2.24, 2.45) is 23.2 Å². The Morgan fingerprint density at radius 3 is 2.81 bits per heavy atom. The molecular formula is C22H28FNO3. The van der Waals surface area contributed by atoms with Crippen molar-refractivity contribution >= 4 is 5.97 Å². The highest BCUT2D eigenvalue weighted by Gasteiger charge is 2.59. The van der Waals surface area contributed by atoms with Gasteiger partial charge < -0.3 is 15.2 Å². The highest BCUT2D eigenvalue weighted by Crippen LogP contribution is 2.55. The Morgan fingerprint density at radius 2 is 2.07 bits per heavy atom. The van der Waals surface area contributed by atoms with Crippen molar-refractivity contribution in [2.75, 3.05) is 6.54 Å². The maximum atomic E-state index is 13.0. The van der Waals surface area contributed by atoms with Crippen molar-refractivity contribution in [3.05, 3.63) is 47.3 Å². The Kier molecular flexibility index (Phi) is 4.85. The van der Waals surface area contributed by atoms with E-state index in [1.165, 1.54) is 17.7 Å². The van der Waals surface area contributed by atoms with Crippen LogP contribution < -0.4 is 5.32 Å². The van der Waals surface area contributed by atoms with Gasteiger partial charge in [0.15, 0.2) is 0 Å². The number of aliphatic hydroxyl groups is 1. The first-order valence-electron chi connectivity index (χ1n) is 9.94. The summed E-state index contributed by atoms with van der Waals surface area (Å²) in [7, 11) is 0. The lowest BCUT2D eigenvalue weighted by molar-refractivity contribution is -0.144. The van der Waals surface area contributed by atoms with Crippen molar-refractivity contribution < 1.29 is 19.0 Å². The normalized spacial score (nSPS) is 38.0. The Morgan fingerprint density at radius 1 is 1.33 bits per heavy atom. The summed E-state index contributed by atoms with van der Waals surface area (Å²) >= 11 is 0. The molecule has 3 aliphatic rings. The molecule has 0 spiro atoms. The predicted molar refractivity (Wildman–Crippen MR) is 100 cm³/mol. The maximum Gasteiger partial charge on any atom is 0.311 e. The lowest BCUT2D eigenvalue weighted by atomic mass is 9.55. The van der Waals surface area contributed by atoms with E-state index in [4.69, 9.17) is 4.74 Å². The van der Waals surface area contributed by atoms with Crippen LogP contribution in [0.25, 0.3) is 0 Å². The van der Waals surface area contributed by atoms with Crippen LogP contribution in [0.5, 0.6) is 0 Å². The predicted octanol–water partition coefficient (Wildman–Crippen LogP) is 3.20. The third-order valence-electron chi connectivity index (χ3n) is 7.18. The minimum Gasteiger partial charge on any atom is -0.461 e. The van der Waals surface area contributed by atoms with Crippen LogP contribution in [0.15, 0.2) is 35.9 Å². The van der Waals surface area contributed by atoms with E-state index in [0.29, 0.717) is 19.0 Å². The molecule has 27 heavy (non-hydrogen) atoms. The van der Waals surface area contributed by atoms with E-state index >= 15 is 0 Å². The summed E-state index contributed by atoms with van der Waals surface area (Å²) in [6, 6.07) is 6.33. The molecular weight excluding hydrogens is 345 g/mol. The van der Waals surface area contributed by atoms with Crippen LogP contribution in [0.4, 0.5) is 4.39 Å². The third kappa shape index (κ3) is 3.11. The first-order chi connectivity index (χ1) is 12.9. The summed E-state index contributed by atoms with van der Waals surface area (Å²) in [5.41, 5.74) is 1.94. The number of hydrogen-bond donors (Lipinski definition) is 2. The summed E-state index contributed by atoms with van der Waals surface area (Å²) in [6.45, 7) is 5.36. The molecule has 1 saturated heterocycles. The van der Waals surface area contributed by atoms with Crippen LogP contribution in [-0.4, -0.2) is 29.8 Å². The van der Waals surface area contributed by atoms with Crippen molar-refractivity contribution in [1.29, 1.82) is 0 Å². The van der Waals surface area contributed by atoms with Gasteiger partial charge in [0, 0.05) is 30.8 Å². The van der Waals surface area contributed by atoms with E-state index in [0.717, 1.165) is 24.8 Å². The lowest BCUT2D eigenvalue weighted by Gasteiger charge is -2.51. The number of halogens is 1. The van der Waals surface area contributed by atoms with E-state index in [9.17, 15) is 14.3 Å². The Labute approximate surface area is 159 Å². The molecule has 4 rings (SSSR count). The molecule has 2 aliphatic carbocycles. The Hall–Kier alpha value is -1.72. The average Bonchev–Trinajstić information content (AvgIpc) is 2.95. The Balaban J connectivity index is 1.48. The van der Waals surface area contributed by atoms with Gasteiger partial charge in [0.2, 0.25) is 0 Å². The zero-order chi connectivity index (χ0) is 19.2. The number of esters is 1. The van der Waals surface area contributed by atoms with Gasteiger partial charge in [-0.15, -0.1) is 0 Å². The fraction of sp³-hybridized carbons (Fsp3) is 0.591. The molecule has 0 aromatic heterocycles. The molecule has 2 N–H and O–H groups in total. The molecule has 0 bridgehead atoms. The summed E-state index contributed by atoms with van der Waals surface area (Å²) < 4.78 is 18.7.